The molecule has 0 aliphatic rings. The van der Waals surface area contributed by atoms with Gasteiger partial charge < -0.3 is 59.8 Å². The van der Waals surface area contributed by atoms with Crippen molar-refractivity contribution in [3.05, 3.63) is 119 Å². The van der Waals surface area contributed by atoms with E-state index in [4.69, 9.17) is 39.4 Å². The van der Waals surface area contributed by atoms with Gasteiger partial charge >= 0.3 is 23.9 Å². The number of rotatable bonds is 12. The van der Waals surface area contributed by atoms with E-state index < -0.39 is 23.9 Å². The number of methoxy groups -OCH3 is 4. The number of phenolic OH excluding ortho intramolecular Hbond substituents is 4. The Hall–Kier alpha value is -7.88. The Morgan fingerprint density at radius 2 is 0.554 bits per heavy atom. The molecule has 0 amide bonds. The van der Waals surface area contributed by atoms with E-state index in [0.717, 1.165) is 24.3 Å². The van der Waals surface area contributed by atoms with E-state index in [9.17, 15) is 39.6 Å². The molecule has 0 aromatic heterocycles. The number of carbonyl (C=O) groups is 4. The van der Waals surface area contributed by atoms with Gasteiger partial charge in [0, 0.05) is 24.3 Å². The summed E-state index contributed by atoms with van der Waals surface area (Å²) in [6.07, 6.45) is 9.76. The van der Waals surface area contributed by atoms with Crippen molar-refractivity contribution in [2.24, 2.45) is 0 Å². The number of hydrogen-bond donors (Lipinski definition) is 8. The fourth-order valence-electron chi connectivity index (χ4n) is 3.86. The molecule has 0 aliphatic carbocycles. The first-order chi connectivity index (χ1) is 26.5. The summed E-state index contributed by atoms with van der Waals surface area (Å²) >= 11 is 0. The van der Waals surface area contributed by atoms with Crippen molar-refractivity contribution in [1.82, 2.24) is 0 Å². The molecule has 296 valence electrons. The molecule has 0 saturated carbocycles. The third-order valence-corrected chi connectivity index (χ3v) is 6.49. The minimum atomic E-state index is -1.02. The zero-order valence-electron chi connectivity index (χ0n) is 30.4. The van der Waals surface area contributed by atoms with Crippen LogP contribution < -0.4 is 18.9 Å². The SMILES string of the molecule is COc1cc(/C=C/C(=O)O)ccc1O.COc1cc(/C=C/C(=O)O)ccc1O.COc1cc(/C=C/C(=O)O)ccc1O.COc1cc(/C=C/C(=O)O)ccc1O. The number of aliphatic carboxylic acids is 4. The Labute approximate surface area is 320 Å². The van der Waals surface area contributed by atoms with Crippen LogP contribution in [0, 0.1) is 0 Å². The van der Waals surface area contributed by atoms with Crippen molar-refractivity contribution in [3.63, 3.8) is 0 Å². The van der Waals surface area contributed by atoms with Gasteiger partial charge in [-0.3, -0.25) is 0 Å². The first kappa shape index (κ1) is 46.1. The molecule has 0 heterocycles. The molecule has 4 aromatic rings. The summed E-state index contributed by atoms with van der Waals surface area (Å²) in [6, 6.07) is 18.4. The van der Waals surface area contributed by atoms with Crippen LogP contribution in [0.5, 0.6) is 46.0 Å². The first-order valence-corrected chi connectivity index (χ1v) is 15.6. The molecule has 0 bridgehead atoms. The van der Waals surface area contributed by atoms with E-state index in [1.165, 1.54) is 77.0 Å². The van der Waals surface area contributed by atoms with Gasteiger partial charge in [-0.1, -0.05) is 24.3 Å². The number of benzene rings is 4. The normalized spacial score (nSPS) is 10.4. The Balaban J connectivity index is 0.000000373. The van der Waals surface area contributed by atoms with Crippen molar-refractivity contribution >= 4 is 48.2 Å². The number of hydrogen-bond acceptors (Lipinski definition) is 12. The second-order valence-electron chi connectivity index (χ2n) is 10.4. The molecule has 8 N–H and O–H groups in total. The molecular weight excluding hydrogens is 736 g/mol. The minimum absolute atomic E-state index is 0.0278. The smallest absolute Gasteiger partial charge is 0.328 e. The van der Waals surface area contributed by atoms with Crippen LogP contribution in [0.15, 0.2) is 97.1 Å². The van der Waals surface area contributed by atoms with Crippen LogP contribution in [0.25, 0.3) is 24.3 Å². The molecule has 4 rings (SSSR count). The third-order valence-electron chi connectivity index (χ3n) is 6.49. The molecule has 16 nitrogen and oxygen atoms in total. The zero-order chi connectivity index (χ0) is 42.2. The van der Waals surface area contributed by atoms with E-state index >= 15 is 0 Å². The lowest BCUT2D eigenvalue weighted by molar-refractivity contribution is -0.132. The molecule has 0 saturated heterocycles. The Kier molecular flexibility index (Phi) is 20.1. The largest absolute Gasteiger partial charge is 0.504 e. The van der Waals surface area contributed by atoms with Crippen LogP contribution in [0.2, 0.25) is 0 Å². The number of carboxylic acid groups (broad SMARTS) is 4. The molecule has 4 aromatic carbocycles. The van der Waals surface area contributed by atoms with Crippen LogP contribution in [0.1, 0.15) is 22.3 Å². The zero-order valence-corrected chi connectivity index (χ0v) is 30.4. The predicted molar refractivity (Wildman–Crippen MR) is 205 cm³/mol. The van der Waals surface area contributed by atoms with Crippen molar-refractivity contribution in [1.29, 1.82) is 0 Å². The highest BCUT2D eigenvalue weighted by Crippen LogP contribution is 2.29. The van der Waals surface area contributed by atoms with Gasteiger partial charge in [-0.2, -0.15) is 0 Å². The average Bonchev–Trinajstić information content (AvgIpc) is 3.17. The van der Waals surface area contributed by atoms with E-state index in [2.05, 4.69) is 0 Å². The van der Waals surface area contributed by atoms with Crippen molar-refractivity contribution in [2.45, 2.75) is 0 Å². The predicted octanol–water partition coefficient (Wildman–Crippen LogP) is 5.99. The van der Waals surface area contributed by atoms with Crippen LogP contribution in [0.4, 0.5) is 0 Å². The highest BCUT2D eigenvalue weighted by Gasteiger charge is 2.03. The van der Waals surface area contributed by atoms with E-state index in [1.54, 1.807) is 48.5 Å². The summed E-state index contributed by atoms with van der Waals surface area (Å²) in [4.78, 5) is 40.9. The highest BCUT2D eigenvalue weighted by molar-refractivity contribution is 5.87. The number of aromatic hydroxyl groups is 4. The Morgan fingerprint density at radius 3 is 0.696 bits per heavy atom. The lowest BCUT2D eigenvalue weighted by Crippen LogP contribution is -1.87. The van der Waals surface area contributed by atoms with Gasteiger partial charge in [0.15, 0.2) is 46.0 Å². The van der Waals surface area contributed by atoms with E-state index in [-0.39, 0.29) is 23.0 Å². The van der Waals surface area contributed by atoms with Gasteiger partial charge in [0.2, 0.25) is 0 Å². The lowest BCUT2D eigenvalue weighted by Gasteiger charge is -2.03. The van der Waals surface area contributed by atoms with Crippen LogP contribution >= 0.6 is 0 Å². The highest BCUT2D eigenvalue weighted by atomic mass is 16.5. The maximum absolute atomic E-state index is 10.2. The fraction of sp³-hybridized carbons (Fsp3) is 0.100. The monoisotopic (exact) mass is 776 g/mol. The van der Waals surface area contributed by atoms with Gasteiger partial charge in [0.25, 0.3) is 0 Å². The molecule has 0 spiro atoms. The summed E-state index contributed by atoms with van der Waals surface area (Å²) < 4.78 is 19.4. The summed E-state index contributed by atoms with van der Waals surface area (Å²) in [6.45, 7) is 0. The van der Waals surface area contributed by atoms with Crippen molar-refractivity contribution in [2.75, 3.05) is 28.4 Å². The molecule has 0 fully saturated rings. The van der Waals surface area contributed by atoms with Gasteiger partial charge in [0.1, 0.15) is 0 Å². The van der Waals surface area contributed by atoms with Crippen LogP contribution in [-0.2, 0) is 19.2 Å². The van der Waals surface area contributed by atoms with Gasteiger partial charge in [0.05, 0.1) is 28.4 Å². The van der Waals surface area contributed by atoms with Crippen molar-refractivity contribution in [3.8, 4) is 46.0 Å². The summed E-state index contributed by atoms with van der Waals surface area (Å²) in [5.74, 6) is -2.69. The van der Waals surface area contributed by atoms with Crippen LogP contribution in [-0.4, -0.2) is 93.2 Å². The lowest BCUT2D eigenvalue weighted by atomic mass is 10.2. The fourth-order valence-corrected chi connectivity index (χ4v) is 3.86. The summed E-state index contributed by atoms with van der Waals surface area (Å²) in [5.41, 5.74) is 2.62. The van der Waals surface area contributed by atoms with Crippen LogP contribution in [0.3, 0.4) is 0 Å². The quantitative estimate of drug-likeness (QED) is 0.0767. The van der Waals surface area contributed by atoms with E-state index in [0.29, 0.717) is 45.3 Å². The molecule has 0 unspecified atom stereocenters. The molecule has 0 aliphatic heterocycles. The number of phenols is 4. The molecule has 0 radical (unpaired) electrons. The number of ether oxygens (including phenoxy) is 4. The molecular formula is C40H40O16. The maximum atomic E-state index is 10.2. The topological polar surface area (TPSA) is 267 Å². The summed E-state index contributed by atoms with van der Waals surface area (Å²) in [7, 11) is 5.72. The average molecular weight is 777 g/mol. The van der Waals surface area contributed by atoms with Crippen molar-refractivity contribution < 1.29 is 79.0 Å². The molecule has 56 heavy (non-hydrogen) atoms. The molecule has 16 heteroatoms. The third kappa shape index (κ3) is 18.1. The maximum Gasteiger partial charge on any atom is 0.328 e. The van der Waals surface area contributed by atoms with Gasteiger partial charge in [-0.15, -0.1) is 0 Å². The standard InChI is InChI=1S/4C10H10O4/c4*1-14-9-6-7(2-4-8(9)11)3-5-10(12)13/h4*2-6,11H,1H3,(H,12,13)/b4*5-3+. The Morgan fingerprint density at radius 1 is 0.375 bits per heavy atom. The molecule has 0 atom stereocenters. The summed E-state index contributed by atoms with van der Waals surface area (Å²) in [5, 5.41) is 70.5. The van der Waals surface area contributed by atoms with Gasteiger partial charge in [-0.25, -0.2) is 19.2 Å². The first-order valence-electron chi connectivity index (χ1n) is 15.6. The Bertz CT molecular complexity index is 1770. The number of carboxylic acids is 4. The second-order valence-corrected chi connectivity index (χ2v) is 10.4. The van der Waals surface area contributed by atoms with E-state index in [1.807, 2.05) is 0 Å². The minimum Gasteiger partial charge on any atom is -0.504 e. The second kappa shape index (κ2) is 24.4. The van der Waals surface area contributed by atoms with Gasteiger partial charge in [-0.05, 0) is 95.1 Å².